The second kappa shape index (κ2) is 9.25. The molecule has 1 aromatic heterocycles. The largest absolute Gasteiger partial charge is 0.325 e. The van der Waals surface area contributed by atoms with Gasteiger partial charge in [0.1, 0.15) is 0 Å². The van der Waals surface area contributed by atoms with Crippen molar-refractivity contribution in [1.29, 1.82) is 0 Å². The first-order chi connectivity index (χ1) is 15.8. The van der Waals surface area contributed by atoms with Crippen molar-refractivity contribution in [1.82, 2.24) is 9.55 Å². The van der Waals surface area contributed by atoms with Crippen LogP contribution in [0.15, 0.2) is 76.7 Å². The second-order valence-electron chi connectivity index (χ2n) is 7.48. The van der Waals surface area contributed by atoms with Gasteiger partial charge in [-0.15, -0.1) is 0 Å². The molecule has 0 aliphatic carbocycles. The predicted molar refractivity (Wildman–Crippen MR) is 129 cm³/mol. The highest BCUT2D eigenvalue weighted by Gasteiger charge is 2.16. The maximum absolute atomic E-state index is 13.2. The third-order valence-corrected chi connectivity index (χ3v) is 6.00. The minimum absolute atomic E-state index is 0.0294. The Morgan fingerprint density at radius 3 is 2.55 bits per heavy atom. The topological polar surface area (TPSA) is 107 Å². The molecule has 0 saturated heterocycles. The van der Waals surface area contributed by atoms with Crippen LogP contribution in [0.1, 0.15) is 11.1 Å². The first-order valence-corrected chi connectivity index (χ1v) is 11.1. The molecular formula is C24H20N4O4S. The zero-order valence-electron chi connectivity index (χ0n) is 17.9. The molecule has 4 rings (SSSR count). The van der Waals surface area contributed by atoms with Crippen LogP contribution >= 0.6 is 11.8 Å². The SMILES string of the molecule is Cc1ccc(-n2c(SCC(=O)Nc3ccc(C)c([N+](=O)[O-])c3)nc3ccccc3c2=O)cc1. The number of aromatic nitrogens is 2. The average molecular weight is 461 g/mol. The number of carbonyl (C=O) groups excluding carboxylic acids is 1. The highest BCUT2D eigenvalue weighted by atomic mass is 32.2. The molecule has 0 atom stereocenters. The maximum Gasteiger partial charge on any atom is 0.274 e. The summed E-state index contributed by atoms with van der Waals surface area (Å²) < 4.78 is 1.50. The molecule has 166 valence electrons. The van der Waals surface area contributed by atoms with E-state index in [4.69, 9.17) is 0 Å². The summed E-state index contributed by atoms with van der Waals surface area (Å²) in [4.78, 5) is 41.1. The molecule has 0 unspecified atom stereocenters. The number of benzene rings is 3. The van der Waals surface area contributed by atoms with Gasteiger partial charge in [-0.3, -0.25) is 24.3 Å². The van der Waals surface area contributed by atoms with Gasteiger partial charge in [-0.05, 0) is 44.2 Å². The van der Waals surface area contributed by atoms with Crippen molar-refractivity contribution in [3.63, 3.8) is 0 Å². The number of hydrogen-bond donors (Lipinski definition) is 1. The van der Waals surface area contributed by atoms with Gasteiger partial charge >= 0.3 is 0 Å². The maximum atomic E-state index is 13.2. The lowest BCUT2D eigenvalue weighted by Gasteiger charge is -2.13. The third kappa shape index (κ3) is 4.78. The lowest BCUT2D eigenvalue weighted by atomic mass is 10.2. The Morgan fingerprint density at radius 2 is 1.82 bits per heavy atom. The van der Waals surface area contributed by atoms with Crippen LogP contribution in [0, 0.1) is 24.0 Å². The van der Waals surface area contributed by atoms with E-state index in [1.807, 2.05) is 31.2 Å². The van der Waals surface area contributed by atoms with Gasteiger partial charge in [-0.25, -0.2) is 4.98 Å². The lowest BCUT2D eigenvalue weighted by molar-refractivity contribution is -0.385. The summed E-state index contributed by atoms with van der Waals surface area (Å²) in [7, 11) is 0. The Bertz CT molecular complexity index is 1430. The molecule has 0 aliphatic heterocycles. The number of aryl methyl sites for hydroxylation is 2. The fraction of sp³-hybridized carbons (Fsp3) is 0.125. The van der Waals surface area contributed by atoms with Crippen molar-refractivity contribution in [2.75, 3.05) is 11.1 Å². The van der Waals surface area contributed by atoms with Gasteiger partial charge in [-0.1, -0.05) is 47.7 Å². The van der Waals surface area contributed by atoms with Gasteiger partial charge < -0.3 is 5.32 Å². The molecule has 0 aliphatic rings. The van der Waals surface area contributed by atoms with E-state index in [1.54, 1.807) is 43.3 Å². The number of fused-ring (bicyclic) bond motifs is 1. The Kier molecular flexibility index (Phi) is 6.23. The number of rotatable bonds is 6. The molecule has 0 bridgehead atoms. The molecule has 0 fully saturated rings. The molecule has 0 saturated carbocycles. The number of para-hydroxylation sites is 1. The molecule has 9 heteroatoms. The van der Waals surface area contributed by atoms with Crippen molar-refractivity contribution in [3.05, 3.63) is 98.3 Å². The summed E-state index contributed by atoms with van der Waals surface area (Å²) in [6.45, 7) is 3.59. The van der Waals surface area contributed by atoms with Gasteiger partial charge in [0.15, 0.2) is 5.16 Å². The quantitative estimate of drug-likeness (QED) is 0.194. The lowest BCUT2D eigenvalue weighted by Crippen LogP contribution is -2.23. The standard InChI is InChI=1S/C24H20N4O4S/c1-15-7-11-18(12-8-15)27-23(30)19-5-3-4-6-20(19)26-24(27)33-14-22(29)25-17-10-9-16(2)21(13-17)28(31)32/h3-13H,14H2,1-2H3,(H,25,29). The van der Waals surface area contributed by atoms with Crippen LogP contribution in [0.4, 0.5) is 11.4 Å². The summed E-state index contributed by atoms with van der Waals surface area (Å²) in [5.74, 6) is -0.394. The normalized spacial score (nSPS) is 10.8. The van der Waals surface area contributed by atoms with E-state index in [-0.39, 0.29) is 22.9 Å². The first-order valence-electron chi connectivity index (χ1n) is 10.1. The average Bonchev–Trinajstić information content (AvgIpc) is 2.80. The van der Waals surface area contributed by atoms with Gasteiger partial charge in [-0.2, -0.15) is 0 Å². The minimum Gasteiger partial charge on any atom is -0.325 e. The van der Waals surface area contributed by atoms with E-state index in [9.17, 15) is 19.7 Å². The number of nitrogens with zero attached hydrogens (tertiary/aromatic N) is 3. The number of nitro groups is 1. The van der Waals surface area contributed by atoms with Crippen molar-refractivity contribution < 1.29 is 9.72 Å². The van der Waals surface area contributed by atoms with E-state index >= 15 is 0 Å². The third-order valence-electron chi connectivity index (χ3n) is 5.06. The molecule has 3 aromatic carbocycles. The smallest absolute Gasteiger partial charge is 0.274 e. The number of hydrogen-bond acceptors (Lipinski definition) is 6. The van der Waals surface area contributed by atoms with Gasteiger partial charge in [0.05, 0.1) is 27.3 Å². The molecule has 0 spiro atoms. The number of carbonyl (C=O) groups is 1. The minimum atomic E-state index is -0.487. The summed E-state index contributed by atoms with van der Waals surface area (Å²) in [5, 5.41) is 14.7. The number of amides is 1. The zero-order chi connectivity index (χ0) is 23.5. The fourth-order valence-corrected chi connectivity index (χ4v) is 4.15. The van der Waals surface area contributed by atoms with E-state index in [1.165, 1.54) is 10.6 Å². The van der Waals surface area contributed by atoms with Gasteiger partial charge in [0, 0.05) is 17.3 Å². The predicted octanol–water partition coefficient (Wildman–Crippen LogP) is 4.64. The Labute approximate surface area is 193 Å². The summed E-state index contributed by atoms with van der Waals surface area (Å²) in [6.07, 6.45) is 0. The van der Waals surface area contributed by atoms with Crippen LogP contribution in [-0.4, -0.2) is 26.1 Å². The van der Waals surface area contributed by atoms with Crippen LogP contribution < -0.4 is 10.9 Å². The molecule has 1 amide bonds. The van der Waals surface area contributed by atoms with E-state index in [0.717, 1.165) is 17.3 Å². The van der Waals surface area contributed by atoms with Crippen molar-refractivity contribution in [2.24, 2.45) is 0 Å². The van der Waals surface area contributed by atoms with Crippen LogP contribution in [0.25, 0.3) is 16.6 Å². The van der Waals surface area contributed by atoms with E-state index < -0.39 is 4.92 Å². The highest BCUT2D eigenvalue weighted by Crippen LogP contribution is 2.24. The number of nitrogens with one attached hydrogen (secondary N) is 1. The fourth-order valence-electron chi connectivity index (χ4n) is 3.34. The van der Waals surface area contributed by atoms with Crippen molar-refractivity contribution in [3.8, 4) is 5.69 Å². The highest BCUT2D eigenvalue weighted by molar-refractivity contribution is 7.99. The van der Waals surface area contributed by atoms with Crippen molar-refractivity contribution >= 4 is 39.9 Å². The Morgan fingerprint density at radius 1 is 1.09 bits per heavy atom. The monoisotopic (exact) mass is 460 g/mol. The number of anilines is 1. The van der Waals surface area contributed by atoms with E-state index in [0.29, 0.717) is 33.0 Å². The molecule has 4 aromatic rings. The number of nitro benzene ring substituents is 1. The second-order valence-corrected chi connectivity index (χ2v) is 8.43. The first kappa shape index (κ1) is 22.2. The molecule has 0 radical (unpaired) electrons. The zero-order valence-corrected chi connectivity index (χ0v) is 18.8. The van der Waals surface area contributed by atoms with Gasteiger partial charge in [0.2, 0.25) is 5.91 Å². The molecule has 1 heterocycles. The Hall–Kier alpha value is -3.98. The molecule has 33 heavy (non-hydrogen) atoms. The summed E-state index contributed by atoms with van der Waals surface area (Å²) in [5.41, 5.74) is 2.81. The summed E-state index contributed by atoms with van der Waals surface area (Å²) >= 11 is 1.12. The Balaban J connectivity index is 1.63. The van der Waals surface area contributed by atoms with Crippen LogP contribution in [0.2, 0.25) is 0 Å². The molecule has 8 nitrogen and oxygen atoms in total. The van der Waals surface area contributed by atoms with E-state index in [2.05, 4.69) is 10.3 Å². The van der Waals surface area contributed by atoms with Crippen LogP contribution in [0.3, 0.4) is 0 Å². The van der Waals surface area contributed by atoms with Crippen LogP contribution in [0.5, 0.6) is 0 Å². The van der Waals surface area contributed by atoms with Crippen molar-refractivity contribution in [2.45, 2.75) is 19.0 Å². The number of thioether (sulfide) groups is 1. The molecular weight excluding hydrogens is 440 g/mol. The molecule has 1 N–H and O–H groups in total. The van der Waals surface area contributed by atoms with Gasteiger partial charge in [0.25, 0.3) is 11.2 Å². The summed E-state index contributed by atoms with van der Waals surface area (Å²) in [6, 6.07) is 19.1. The van der Waals surface area contributed by atoms with Crippen LogP contribution in [-0.2, 0) is 4.79 Å².